The fourth-order valence-electron chi connectivity index (χ4n) is 6.11. The van der Waals surface area contributed by atoms with Crippen molar-refractivity contribution in [2.45, 2.75) is 89.4 Å². The highest BCUT2D eigenvalue weighted by Crippen LogP contribution is 2.46. The second-order valence-electron chi connectivity index (χ2n) is 9.77. The smallest absolute Gasteiger partial charge is 0.288 e. The van der Waals surface area contributed by atoms with Crippen LogP contribution in [0.15, 0.2) is 18.2 Å². The number of carbonyl (C=O) groups is 1. The first-order chi connectivity index (χ1) is 14.4. The van der Waals surface area contributed by atoms with Crippen molar-refractivity contribution in [2.75, 3.05) is 0 Å². The molecule has 0 aromatic heterocycles. The summed E-state index contributed by atoms with van der Waals surface area (Å²) in [5, 5.41) is 0. The van der Waals surface area contributed by atoms with Gasteiger partial charge < -0.3 is 0 Å². The second-order valence-corrected chi connectivity index (χ2v) is 9.77. The topological polar surface area (TPSA) is 17.1 Å². The third-order valence-electron chi connectivity index (χ3n) is 7.95. The van der Waals surface area contributed by atoms with Crippen LogP contribution in [0.5, 0.6) is 0 Å². The van der Waals surface area contributed by atoms with Gasteiger partial charge in [0.25, 0.3) is 0 Å². The Bertz CT molecular complexity index is 797. The lowest BCUT2D eigenvalue weighted by atomic mass is 9.67. The van der Waals surface area contributed by atoms with Crippen LogP contribution >= 0.6 is 0 Å². The van der Waals surface area contributed by atoms with Crippen molar-refractivity contribution in [2.24, 2.45) is 17.8 Å². The summed E-state index contributed by atoms with van der Waals surface area (Å²) in [4.78, 5) is 11.5. The van der Waals surface area contributed by atoms with Crippen molar-refractivity contribution < 1.29 is 18.0 Å². The minimum Gasteiger partial charge on any atom is -0.288 e. The maximum absolute atomic E-state index is 14.6. The number of allylic oxidation sites excluding steroid dienone is 1. The minimum absolute atomic E-state index is 0.155. The van der Waals surface area contributed by atoms with Crippen LogP contribution in [0.4, 0.5) is 13.2 Å². The van der Waals surface area contributed by atoms with Crippen LogP contribution in [-0.4, -0.2) is 5.78 Å². The lowest BCUT2D eigenvalue weighted by Gasteiger charge is -2.38. The number of fused-ring (bicyclic) bond motifs is 1. The summed E-state index contributed by atoms with van der Waals surface area (Å²) >= 11 is 0. The number of ketones is 1. The van der Waals surface area contributed by atoms with Crippen LogP contribution in [0.1, 0.15) is 100 Å². The van der Waals surface area contributed by atoms with Gasteiger partial charge in [0, 0.05) is 0 Å². The van der Waals surface area contributed by atoms with E-state index in [4.69, 9.17) is 0 Å². The van der Waals surface area contributed by atoms with Gasteiger partial charge in [-0.15, -0.1) is 0 Å². The fraction of sp³-hybridized carbons (Fsp3) is 0.654. The highest BCUT2D eigenvalue weighted by atomic mass is 19.3. The van der Waals surface area contributed by atoms with Crippen LogP contribution in [-0.2, 0) is 10.7 Å². The maximum Gasteiger partial charge on any atom is 0.337 e. The van der Waals surface area contributed by atoms with E-state index in [9.17, 15) is 18.0 Å². The van der Waals surface area contributed by atoms with Gasteiger partial charge in [-0.1, -0.05) is 51.2 Å². The lowest BCUT2D eigenvalue weighted by Crippen LogP contribution is -2.29. The molecule has 2 saturated carbocycles. The number of benzene rings is 1. The highest BCUT2D eigenvalue weighted by Gasteiger charge is 2.45. The summed E-state index contributed by atoms with van der Waals surface area (Å²) < 4.78 is 42.9. The van der Waals surface area contributed by atoms with Crippen molar-refractivity contribution in [1.29, 1.82) is 0 Å². The zero-order chi connectivity index (χ0) is 21.3. The van der Waals surface area contributed by atoms with Crippen molar-refractivity contribution in [3.05, 3.63) is 40.7 Å². The van der Waals surface area contributed by atoms with Gasteiger partial charge >= 0.3 is 5.92 Å². The Morgan fingerprint density at radius 3 is 2.20 bits per heavy atom. The Morgan fingerprint density at radius 1 is 0.933 bits per heavy atom. The Hall–Kier alpha value is -1.58. The summed E-state index contributed by atoms with van der Waals surface area (Å²) in [5.41, 5.74) is 0.206. The van der Waals surface area contributed by atoms with E-state index in [0.717, 1.165) is 55.1 Å². The molecule has 2 fully saturated rings. The molecule has 0 atom stereocenters. The molecule has 0 saturated heterocycles. The lowest BCUT2D eigenvalue weighted by molar-refractivity contribution is -0.139. The van der Waals surface area contributed by atoms with Crippen LogP contribution in [0.2, 0.25) is 0 Å². The maximum atomic E-state index is 14.6. The van der Waals surface area contributed by atoms with Crippen molar-refractivity contribution in [3.63, 3.8) is 0 Å². The zero-order valence-electron chi connectivity index (χ0n) is 17.9. The van der Waals surface area contributed by atoms with E-state index in [-0.39, 0.29) is 11.5 Å². The SMILES string of the molecule is CCCCC1CCC(C2CCC(c3cc(F)c4c(c3)C=CC(=O)C4(F)F)CC2)CC1. The van der Waals surface area contributed by atoms with Crippen LogP contribution in [0.25, 0.3) is 6.08 Å². The van der Waals surface area contributed by atoms with E-state index in [1.807, 2.05) is 0 Å². The van der Waals surface area contributed by atoms with Gasteiger partial charge in [-0.25, -0.2) is 4.39 Å². The van der Waals surface area contributed by atoms with Gasteiger partial charge in [0.1, 0.15) is 5.82 Å². The summed E-state index contributed by atoms with van der Waals surface area (Å²) in [5.74, 6) is -3.31. The molecule has 1 nitrogen and oxygen atoms in total. The molecular formula is C26H33F3O. The summed E-state index contributed by atoms with van der Waals surface area (Å²) in [6.07, 6.45) is 16.0. The van der Waals surface area contributed by atoms with Gasteiger partial charge in [0.05, 0.1) is 5.56 Å². The average Bonchev–Trinajstić information content (AvgIpc) is 2.75. The molecule has 164 valence electrons. The first kappa shape index (κ1) is 21.6. The quantitative estimate of drug-likeness (QED) is 0.477. The molecule has 1 aromatic carbocycles. The van der Waals surface area contributed by atoms with E-state index >= 15 is 0 Å². The average molecular weight is 419 g/mol. The monoisotopic (exact) mass is 418 g/mol. The number of unbranched alkanes of at least 4 members (excludes halogenated alkanes) is 1. The van der Waals surface area contributed by atoms with Gasteiger partial charge in [-0.05, 0) is 85.5 Å². The Kier molecular flexibility index (Phi) is 6.41. The molecule has 0 N–H and O–H groups in total. The highest BCUT2D eigenvalue weighted by molar-refractivity contribution is 6.02. The number of hydrogen-bond donors (Lipinski definition) is 0. The fourth-order valence-corrected chi connectivity index (χ4v) is 6.11. The first-order valence-electron chi connectivity index (χ1n) is 11.8. The molecule has 30 heavy (non-hydrogen) atoms. The standard InChI is InChI=1S/C26H33F3O/c1-2-3-4-17-5-7-18(8-6-17)19-9-11-20(12-10-19)22-15-21-13-14-24(30)26(28,29)25(21)23(27)16-22/h13-20H,2-12H2,1H3. The molecule has 4 rings (SSSR count). The van der Waals surface area contributed by atoms with Crippen molar-refractivity contribution in [3.8, 4) is 0 Å². The largest absolute Gasteiger partial charge is 0.337 e. The molecule has 0 radical (unpaired) electrons. The van der Waals surface area contributed by atoms with Gasteiger partial charge in [-0.2, -0.15) is 8.78 Å². The van der Waals surface area contributed by atoms with Crippen LogP contribution in [0.3, 0.4) is 0 Å². The van der Waals surface area contributed by atoms with Crippen molar-refractivity contribution in [1.82, 2.24) is 0 Å². The zero-order valence-corrected chi connectivity index (χ0v) is 17.9. The summed E-state index contributed by atoms with van der Waals surface area (Å²) in [6, 6.07) is 2.93. The molecule has 0 spiro atoms. The molecule has 4 heteroatoms. The Morgan fingerprint density at radius 2 is 1.57 bits per heavy atom. The van der Waals surface area contributed by atoms with E-state index < -0.39 is 23.1 Å². The Balaban J connectivity index is 1.37. The number of alkyl halides is 2. The third-order valence-corrected chi connectivity index (χ3v) is 7.95. The molecule has 0 bridgehead atoms. The summed E-state index contributed by atoms with van der Waals surface area (Å²) in [6.45, 7) is 2.26. The van der Waals surface area contributed by atoms with Gasteiger partial charge in [0.2, 0.25) is 5.78 Å². The summed E-state index contributed by atoms with van der Waals surface area (Å²) in [7, 11) is 0. The molecule has 3 aliphatic rings. The molecular weight excluding hydrogens is 385 g/mol. The van der Waals surface area contributed by atoms with E-state index in [1.165, 1.54) is 57.1 Å². The van der Waals surface area contributed by atoms with E-state index in [1.54, 1.807) is 6.07 Å². The predicted molar refractivity (Wildman–Crippen MR) is 114 cm³/mol. The van der Waals surface area contributed by atoms with Crippen LogP contribution in [0, 0.1) is 23.6 Å². The number of hydrogen-bond acceptors (Lipinski definition) is 1. The molecule has 1 aromatic rings. The number of rotatable bonds is 5. The van der Waals surface area contributed by atoms with Crippen molar-refractivity contribution >= 4 is 11.9 Å². The number of halogens is 3. The molecule has 0 heterocycles. The second kappa shape index (κ2) is 8.88. The molecule has 3 aliphatic carbocycles. The van der Waals surface area contributed by atoms with E-state index in [0.29, 0.717) is 0 Å². The van der Waals surface area contributed by atoms with Gasteiger partial charge in [0.15, 0.2) is 0 Å². The molecule has 0 aliphatic heterocycles. The minimum atomic E-state index is -3.76. The predicted octanol–water partition coefficient (Wildman–Crippen LogP) is 7.78. The van der Waals surface area contributed by atoms with Gasteiger partial charge in [-0.3, -0.25) is 4.79 Å². The molecule has 0 unspecified atom stereocenters. The van der Waals surface area contributed by atoms with Crippen LogP contribution < -0.4 is 0 Å². The Labute approximate surface area is 178 Å². The molecule has 0 amide bonds. The third kappa shape index (κ3) is 4.24. The number of carbonyl (C=O) groups excluding carboxylic acids is 1. The van der Waals surface area contributed by atoms with E-state index in [2.05, 4.69) is 6.92 Å². The normalized spacial score (nSPS) is 30.9. The first-order valence-corrected chi connectivity index (χ1v) is 11.8.